The number of fused-ring (bicyclic) bond motifs is 1. The minimum Gasteiger partial charge on any atom is -0.493 e. The minimum absolute atomic E-state index is 0.191. The average Bonchev–Trinajstić information content (AvgIpc) is 3.13. The predicted molar refractivity (Wildman–Crippen MR) is 123 cm³/mol. The van der Waals surface area contributed by atoms with Gasteiger partial charge >= 0.3 is 0 Å². The van der Waals surface area contributed by atoms with E-state index in [-0.39, 0.29) is 6.04 Å². The molecule has 31 heavy (non-hydrogen) atoms. The smallest absolute Gasteiger partial charge is 0.192 e. The van der Waals surface area contributed by atoms with Gasteiger partial charge in [-0.05, 0) is 31.7 Å². The summed E-state index contributed by atoms with van der Waals surface area (Å²) < 4.78 is 7.82. The van der Waals surface area contributed by atoms with Crippen LogP contribution in [0.15, 0.2) is 29.3 Å². The summed E-state index contributed by atoms with van der Waals surface area (Å²) in [5.41, 5.74) is 1.19. The van der Waals surface area contributed by atoms with E-state index >= 15 is 0 Å². The van der Waals surface area contributed by atoms with Crippen LogP contribution in [0.2, 0.25) is 0 Å². The van der Waals surface area contributed by atoms with Crippen molar-refractivity contribution >= 4 is 5.96 Å². The van der Waals surface area contributed by atoms with Crippen molar-refractivity contribution in [1.29, 1.82) is 0 Å². The summed E-state index contributed by atoms with van der Waals surface area (Å²) >= 11 is 0. The number of hydrogen-bond acceptors (Lipinski definition) is 4. The monoisotopic (exact) mass is 424 g/mol. The van der Waals surface area contributed by atoms with Crippen LogP contribution in [0.5, 0.6) is 5.75 Å². The molecule has 2 N–H and O–H groups in total. The van der Waals surface area contributed by atoms with E-state index in [1.165, 1.54) is 50.5 Å². The lowest BCUT2D eigenvalue weighted by Crippen LogP contribution is -2.41. The van der Waals surface area contributed by atoms with E-state index in [0.29, 0.717) is 13.2 Å². The summed E-state index contributed by atoms with van der Waals surface area (Å²) in [6, 6.07) is 8.46. The average molecular weight is 425 g/mol. The van der Waals surface area contributed by atoms with Gasteiger partial charge in [-0.15, -0.1) is 10.2 Å². The van der Waals surface area contributed by atoms with Gasteiger partial charge in [0.05, 0.1) is 12.6 Å². The second kappa shape index (κ2) is 10.6. The molecule has 7 nitrogen and oxygen atoms in total. The Kier molecular flexibility index (Phi) is 7.43. The number of ether oxygens (including phenoxy) is 1. The standard InChI is InChI=1S/C24H36N6O/c1-18-28-29-23(30(18)2)17-26-24(25-15-8-11-19-9-4-3-5-10-19)27-21-14-16-31-22-13-7-6-12-20(21)22/h6-7,12-13,19,21H,3-5,8-11,14-17H2,1-2H3,(H2,25,26,27). The third kappa shape index (κ3) is 5.77. The van der Waals surface area contributed by atoms with E-state index in [1.54, 1.807) is 0 Å². The van der Waals surface area contributed by atoms with E-state index < -0.39 is 0 Å². The first-order chi connectivity index (χ1) is 15.2. The van der Waals surface area contributed by atoms with Gasteiger partial charge in [0, 0.05) is 25.6 Å². The molecule has 1 saturated carbocycles. The molecule has 4 rings (SSSR count). The lowest BCUT2D eigenvalue weighted by molar-refractivity contribution is 0.261. The Hall–Kier alpha value is -2.57. The van der Waals surface area contributed by atoms with Crippen LogP contribution >= 0.6 is 0 Å². The Balaban J connectivity index is 1.39. The number of aliphatic imine (C=N–C) groups is 1. The maximum atomic E-state index is 5.83. The van der Waals surface area contributed by atoms with Gasteiger partial charge in [0.2, 0.25) is 0 Å². The van der Waals surface area contributed by atoms with Crippen LogP contribution in [0.3, 0.4) is 0 Å². The van der Waals surface area contributed by atoms with Gasteiger partial charge in [-0.3, -0.25) is 0 Å². The van der Waals surface area contributed by atoms with Crippen LogP contribution in [-0.2, 0) is 13.6 Å². The highest BCUT2D eigenvalue weighted by Crippen LogP contribution is 2.31. The van der Waals surface area contributed by atoms with Crippen LogP contribution in [-0.4, -0.2) is 33.9 Å². The normalized spacial score (nSPS) is 19.5. The molecule has 1 aliphatic heterocycles. The third-order valence-electron chi connectivity index (χ3n) is 6.64. The van der Waals surface area contributed by atoms with Gasteiger partial charge in [-0.2, -0.15) is 0 Å². The van der Waals surface area contributed by atoms with E-state index in [0.717, 1.165) is 42.2 Å². The van der Waals surface area contributed by atoms with Crippen LogP contribution in [0.1, 0.15) is 74.6 Å². The van der Waals surface area contributed by atoms with Crippen LogP contribution in [0.4, 0.5) is 0 Å². The number of rotatable bonds is 7. The summed E-state index contributed by atoms with van der Waals surface area (Å²) in [6.07, 6.45) is 10.5. The van der Waals surface area contributed by atoms with Crippen molar-refractivity contribution in [3.63, 3.8) is 0 Å². The van der Waals surface area contributed by atoms with Crippen LogP contribution < -0.4 is 15.4 Å². The van der Waals surface area contributed by atoms with E-state index in [4.69, 9.17) is 9.73 Å². The van der Waals surface area contributed by atoms with Crippen molar-refractivity contribution in [2.24, 2.45) is 18.0 Å². The first-order valence-electron chi connectivity index (χ1n) is 11.8. The van der Waals surface area contributed by atoms with Gasteiger partial charge < -0.3 is 19.9 Å². The summed E-state index contributed by atoms with van der Waals surface area (Å²) in [4.78, 5) is 4.85. The highest BCUT2D eigenvalue weighted by Gasteiger charge is 2.22. The molecule has 1 unspecified atom stereocenters. The van der Waals surface area contributed by atoms with E-state index in [1.807, 2.05) is 30.7 Å². The Morgan fingerprint density at radius 3 is 2.81 bits per heavy atom. The molecule has 7 heteroatoms. The zero-order chi connectivity index (χ0) is 21.5. The quantitative estimate of drug-likeness (QED) is 0.398. The van der Waals surface area contributed by atoms with Gasteiger partial charge in [-0.25, -0.2) is 4.99 Å². The zero-order valence-electron chi connectivity index (χ0n) is 18.9. The number of aryl methyl sites for hydroxylation is 1. The predicted octanol–water partition coefficient (Wildman–Crippen LogP) is 4.04. The molecule has 168 valence electrons. The minimum atomic E-state index is 0.191. The summed E-state index contributed by atoms with van der Waals surface area (Å²) in [5.74, 6) is 4.48. The van der Waals surface area contributed by atoms with Crippen molar-refractivity contribution in [3.8, 4) is 5.75 Å². The number of nitrogens with zero attached hydrogens (tertiary/aromatic N) is 4. The maximum absolute atomic E-state index is 5.83. The van der Waals surface area contributed by atoms with Crippen molar-refractivity contribution in [1.82, 2.24) is 25.4 Å². The largest absolute Gasteiger partial charge is 0.493 e. The molecule has 2 aromatic rings. The Morgan fingerprint density at radius 1 is 1.16 bits per heavy atom. The molecule has 0 radical (unpaired) electrons. The molecule has 0 bridgehead atoms. The molecule has 1 aliphatic carbocycles. The summed E-state index contributed by atoms with van der Waals surface area (Å²) in [7, 11) is 1.99. The van der Waals surface area contributed by atoms with Crippen molar-refractivity contribution in [2.75, 3.05) is 13.2 Å². The zero-order valence-corrected chi connectivity index (χ0v) is 18.9. The maximum Gasteiger partial charge on any atom is 0.192 e. The van der Waals surface area contributed by atoms with Crippen molar-refractivity contribution < 1.29 is 4.74 Å². The summed E-state index contributed by atoms with van der Waals surface area (Å²) in [6.45, 7) is 4.11. The molecular weight excluding hydrogens is 388 g/mol. The lowest BCUT2D eigenvalue weighted by Gasteiger charge is -2.28. The van der Waals surface area contributed by atoms with Crippen LogP contribution in [0, 0.1) is 12.8 Å². The van der Waals surface area contributed by atoms with Crippen molar-refractivity contribution in [3.05, 3.63) is 41.5 Å². The molecule has 0 amide bonds. The van der Waals surface area contributed by atoms with E-state index in [2.05, 4.69) is 33.0 Å². The number of hydrogen-bond donors (Lipinski definition) is 2. The molecule has 2 aliphatic rings. The fourth-order valence-corrected chi connectivity index (χ4v) is 4.62. The van der Waals surface area contributed by atoms with Crippen molar-refractivity contribution in [2.45, 2.75) is 70.9 Å². The number of benzene rings is 1. The number of guanidine groups is 1. The molecule has 2 heterocycles. The molecule has 1 aromatic carbocycles. The Labute approximate surface area is 185 Å². The fraction of sp³-hybridized carbons (Fsp3) is 0.625. The highest BCUT2D eigenvalue weighted by atomic mass is 16.5. The van der Waals surface area contributed by atoms with Gasteiger partial charge in [0.1, 0.15) is 18.1 Å². The van der Waals surface area contributed by atoms with Gasteiger partial charge in [-0.1, -0.05) is 50.3 Å². The summed E-state index contributed by atoms with van der Waals surface area (Å²) in [5, 5.41) is 15.6. The highest BCUT2D eigenvalue weighted by molar-refractivity contribution is 5.80. The SMILES string of the molecule is Cc1nnc(CN=C(NCCCC2CCCCC2)NC2CCOc3ccccc32)n1C. The van der Waals surface area contributed by atoms with E-state index in [9.17, 15) is 0 Å². The Bertz CT molecular complexity index is 871. The topological polar surface area (TPSA) is 76.4 Å². The second-order valence-electron chi connectivity index (χ2n) is 8.83. The lowest BCUT2D eigenvalue weighted by atomic mass is 9.86. The Morgan fingerprint density at radius 2 is 2.00 bits per heavy atom. The third-order valence-corrected chi connectivity index (χ3v) is 6.64. The first kappa shape index (κ1) is 21.7. The van der Waals surface area contributed by atoms with Crippen LogP contribution in [0.25, 0.3) is 0 Å². The molecule has 0 saturated heterocycles. The number of para-hydroxylation sites is 1. The molecule has 1 atom stereocenters. The molecule has 1 aromatic heterocycles. The molecule has 0 spiro atoms. The second-order valence-corrected chi connectivity index (χ2v) is 8.83. The molecular formula is C24H36N6O. The first-order valence-corrected chi connectivity index (χ1v) is 11.8. The number of nitrogens with one attached hydrogen (secondary N) is 2. The molecule has 1 fully saturated rings. The van der Waals surface area contributed by atoms with Gasteiger partial charge in [0.25, 0.3) is 0 Å². The van der Waals surface area contributed by atoms with Gasteiger partial charge in [0.15, 0.2) is 11.8 Å². The fourth-order valence-electron chi connectivity index (χ4n) is 4.62. The number of aromatic nitrogens is 3.